The molecule has 9 heteroatoms. The molecule has 0 spiro atoms. The first-order chi connectivity index (χ1) is 17.8. The summed E-state index contributed by atoms with van der Waals surface area (Å²) in [5, 5.41) is 7.21. The molecular weight excluding hydrogens is 497 g/mol. The van der Waals surface area contributed by atoms with E-state index in [2.05, 4.69) is 15.8 Å². The highest BCUT2D eigenvalue weighted by atomic mass is 35.5. The molecule has 0 saturated heterocycles. The van der Waals surface area contributed by atoms with E-state index in [1.54, 1.807) is 44.2 Å². The van der Waals surface area contributed by atoms with Gasteiger partial charge in [0.15, 0.2) is 11.5 Å². The molecule has 0 aliphatic rings. The molecule has 0 heterocycles. The number of carbonyl (C=O) groups is 2. The van der Waals surface area contributed by atoms with Crippen LogP contribution in [0.2, 0.25) is 5.02 Å². The average molecular weight is 526 g/mol. The van der Waals surface area contributed by atoms with E-state index in [-0.39, 0.29) is 18.1 Å². The van der Waals surface area contributed by atoms with Crippen LogP contribution < -0.4 is 20.2 Å². The number of benzene rings is 3. The summed E-state index contributed by atoms with van der Waals surface area (Å²) in [7, 11) is 0. The van der Waals surface area contributed by atoms with E-state index in [4.69, 9.17) is 21.1 Å². The number of nitrogens with one attached hydrogen (secondary N) is 2. The first kappa shape index (κ1) is 27.7. The monoisotopic (exact) mass is 525 g/mol. The minimum Gasteiger partial charge on any atom is -0.490 e. The van der Waals surface area contributed by atoms with E-state index in [0.29, 0.717) is 28.7 Å². The smallest absolute Gasteiger partial charge is 0.262 e. The highest BCUT2D eigenvalue weighted by molar-refractivity contribution is 6.31. The van der Waals surface area contributed by atoms with Crippen molar-refractivity contribution in [3.8, 4) is 11.5 Å². The first-order valence-electron chi connectivity index (χ1n) is 11.8. The van der Waals surface area contributed by atoms with Crippen molar-refractivity contribution in [2.75, 3.05) is 6.61 Å². The topological polar surface area (TPSA) is 89.0 Å². The van der Waals surface area contributed by atoms with Gasteiger partial charge in [-0.15, -0.1) is 0 Å². The van der Waals surface area contributed by atoms with Gasteiger partial charge < -0.3 is 14.8 Å². The second-order valence-electron chi connectivity index (χ2n) is 8.43. The predicted octanol–water partition coefficient (Wildman–Crippen LogP) is 5.36. The van der Waals surface area contributed by atoms with Crippen LogP contribution in [0, 0.1) is 11.7 Å². The van der Waals surface area contributed by atoms with Gasteiger partial charge in [0.2, 0.25) is 0 Å². The fourth-order valence-electron chi connectivity index (χ4n) is 3.40. The molecule has 0 aliphatic heterocycles. The number of nitrogens with zero attached hydrogens (tertiary/aromatic N) is 1. The Balaban J connectivity index is 1.65. The van der Waals surface area contributed by atoms with Crippen LogP contribution in [0.25, 0.3) is 0 Å². The summed E-state index contributed by atoms with van der Waals surface area (Å²) in [5.41, 5.74) is 3.81. The van der Waals surface area contributed by atoms with Crippen molar-refractivity contribution in [1.82, 2.24) is 10.7 Å². The summed E-state index contributed by atoms with van der Waals surface area (Å²) in [5.74, 6) is -1.07. The lowest BCUT2D eigenvalue weighted by atomic mass is 10.0. The molecular formula is C28H29ClFN3O4. The fourth-order valence-corrected chi connectivity index (χ4v) is 3.59. The Hall–Kier alpha value is -3.91. The van der Waals surface area contributed by atoms with Gasteiger partial charge in [-0.3, -0.25) is 9.59 Å². The molecule has 3 rings (SSSR count). The Kier molecular flexibility index (Phi) is 10.0. The van der Waals surface area contributed by atoms with E-state index in [0.717, 1.165) is 5.56 Å². The molecule has 0 aliphatic carbocycles. The zero-order chi connectivity index (χ0) is 26.8. The molecule has 0 fully saturated rings. The Morgan fingerprint density at radius 2 is 1.76 bits per heavy atom. The lowest BCUT2D eigenvalue weighted by Gasteiger charge is -2.20. The second kappa shape index (κ2) is 13.4. The molecule has 0 saturated carbocycles. The summed E-state index contributed by atoms with van der Waals surface area (Å²) < 4.78 is 25.5. The highest BCUT2D eigenvalue weighted by Crippen LogP contribution is 2.29. The van der Waals surface area contributed by atoms with Gasteiger partial charge in [0.1, 0.15) is 18.5 Å². The highest BCUT2D eigenvalue weighted by Gasteiger charge is 2.25. The number of hydrazone groups is 1. The summed E-state index contributed by atoms with van der Waals surface area (Å²) in [6.07, 6.45) is 1.45. The Bertz CT molecular complexity index is 1270. The maximum atomic E-state index is 13.9. The lowest BCUT2D eigenvalue weighted by Crippen LogP contribution is -2.48. The third kappa shape index (κ3) is 7.79. The number of rotatable bonds is 11. The van der Waals surface area contributed by atoms with Crippen molar-refractivity contribution in [3.05, 3.63) is 94.3 Å². The Morgan fingerprint density at radius 1 is 1.03 bits per heavy atom. The second-order valence-corrected chi connectivity index (χ2v) is 8.84. The van der Waals surface area contributed by atoms with E-state index < -0.39 is 23.7 Å². The quantitative estimate of drug-likeness (QED) is 0.260. The third-order valence-electron chi connectivity index (χ3n) is 5.35. The van der Waals surface area contributed by atoms with Gasteiger partial charge in [0.25, 0.3) is 11.8 Å². The van der Waals surface area contributed by atoms with Gasteiger partial charge >= 0.3 is 0 Å². The maximum absolute atomic E-state index is 13.9. The first-order valence-corrected chi connectivity index (χ1v) is 12.2. The van der Waals surface area contributed by atoms with Crippen molar-refractivity contribution in [2.24, 2.45) is 11.0 Å². The Labute approximate surface area is 220 Å². The van der Waals surface area contributed by atoms with Crippen molar-refractivity contribution < 1.29 is 23.5 Å². The molecule has 0 radical (unpaired) electrons. The molecule has 2 N–H and O–H groups in total. The Morgan fingerprint density at radius 3 is 2.46 bits per heavy atom. The third-order valence-corrected chi connectivity index (χ3v) is 5.72. The van der Waals surface area contributed by atoms with E-state index in [1.165, 1.54) is 24.4 Å². The predicted molar refractivity (Wildman–Crippen MR) is 142 cm³/mol. The van der Waals surface area contributed by atoms with Crippen LogP contribution in [0.1, 0.15) is 42.3 Å². The van der Waals surface area contributed by atoms with Crippen LogP contribution in [-0.4, -0.2) is 30.7 Å². The summed E-state index contributed by atoms with van der Waals surface area (Å²) in [6, 6.07) is 17.3. The lowest BCUT2D eigenvalue weighted by molar-refractivity contribution is -0.123. The van der Waals surface area contributed by atoms with Gasteiger partial charge in [0, 0.05) is 10.6 Å². The van der Waals surface area contributed by atoms with Crippen LogP contribution in [0.5, 0.6) is 11.5 Å². The molecule has 1 atom stereocenters. The van der Waals surface area contributed by atoms with Gasteiger partial charge in [-0.25, -0.2) is 9.82 Å². The number of amides is 2. The summed E-state index contributed by atoms with van der Waals surface area (Å²) in [4.78, 5) is 25.2. The molecule has 7 nitrogen and oxygen atoms in total. The molecule has 2 amide bonds. The minimum absolute atomic E-state index is 0.134. The number of hydrogen-bond acceptors (Lipinski definition) is 5. The molecule has 0 aromatic heterocycles. The fraction of sp³-hybridized carbons (Fsp3) is 0.250. The number of carbonyl (C=O) groups excluding carboxylic acids is 2. The minimum atomic E-state index is -0.913. The molecule has 3 aromatic carbocycles. The van der Waals surface area contributed by atoms with Crippen LogP contribution in [0.4, 0.5) is 4.39 Å². The van der Waals surface area contributed by atoms with Crippen molar-refractivity contribution >= 4 is 29.6 Å². The van der Waals surface area contributed by atoms with Gasteiger partial charge in [-0.05, 0) is 54.8 Å². The van der Waals surface area contributed by atoms with Gasteiger partial charge in [-0.1, -0.05) is 55.8 Å². The zero-order valence-electron chi connectivity index (χ0n) is 20.8. The SMILES string of the molecule is CCOc1cc(/C=N/NC(=O)C(NC(=O)c2ccccc2F)C(C)C)ccc1OCc1ccccc1Cl. The molecule has 37 heavy (non-hydrogen) atoms. The number of halogens is 2. The van der Waals surface area contributed by atoms with Crippen LogP contribution >= 0.6 is 11.6 Å². The maximum Gasteiger partial charge on any atom is 0.262 e. The van der Waals surface area contributed by atoms with E-state index >= 15 is 0 Å². The normalized spacial score (nSPS) is 11.8. The molecule has 0 bridgehead atoms. The molecule has 3 aromatic rings. The number of ether oxygens (including phenoxy) is 2. The molecule has 1 unspecified atom stereocenters. The van der Waals surface area contributed by atoms with Crippen LogP contribution in [0.15, 0.2) is 71.8 Å². The largest absolute Gasteiger partial charge is 0.490 e. The van der Waals surface area contributed by atoms with E-state index in [9.17, 15) is 14.0 Å². The average Bonchev–Trinajstić information content (AvgIpc) is 2.87. The standard InChI is InChI=1S/C28H29ClFN3O4/c1-4-36-25-15-19(13-14-24(25)37-17-20-9-5-7-11-22(20)29)16-31-33-28(35)26(18(2)3)32-27(34)21-10-6-8-12-23(21)30/h5-16,18,26H,4,17H2,1-3H3,(H,32,34)(H,33,35)/b31-16+. The molecule has 194 valence electrons. The van der Waals surface area contributed by atoms with Crippen LogP contribution in [0.3, 0.4) is 0 Å². The van der Waals surface area contributed by atoms with Crippen LogP contribution in [-0.2, 0) is 11.4 Å². The zero-order valence-corrected chi connectivity index (χ0v) is 21.6. The summed E-state index contributed by atoms with van der Waals surface area (Å²) in [6.45, 7) is 6.10. The van der Waals surface area contributed by atoms with Crippen molar-refractivity contribution in [2.45, 2.75) is 33.4 Å². The van der Waals surface area contributed by atoms with Crippen molar-refractivity contribution in [1.29, 1.82) is 0 Å². The summed E-state index contributed by atoms with van der Waals surface area (Å²) >= 11 is 6.20. The van der Waals surface area contributed by atoms with Gasteiger partial charge in [-0.2, -0.15) is 5.10 Å². The number of hydrogen-bond donors (Lipinski definition) is 2. The van der Waals surface area contributed by atoms with E-state index in [1.807, 2.05) is 25.1 Å². The van der Waals surface area contributed by atoms with Crippen molar-refractivity contribution in [3.63, 3.8) is 0 Å². The van der Waals surface area contributed by atoms with Gasteiger partial charge in [0.05, 0.1) is 18.4 Å².